The number of nitrogens with zero attached hydrogens (tertiary/aromatic N) is 6. The molecule has 0 unspecified atom stereocenters. The first-order valence-electron chi connectivity index (χ1n) is 9.30. The van der Waals surface area contributed by atoms with Gasteiger partial charge in [-0.2, -0.15) is 0 Å². The van der Waals surface area contributed by atoms with Gasteiger partial charge >= 0.3 is 0 Å². The van der Waals surface area contributed by atoms with Crippen LogP contribution in [0.4, 0.5) is 5.82 Å². The first kappa shape index (κ1) is 20.4. The van der Waals surface area contributed by atoms with E-state index in [1.807, 2.05) is 37.5 Å². The zero-order valence-corrected chi connectivity index (χ0v) is 18.6. The van der Waals surface area contributed by atoms with Crippen LogP contribution in [-0.4, -0.2) is 58.5 Å². The normalized spacial score (nSPS) is 14.9. The third kappa shape index (κ3) is 4.37. The quantitative estimate of drug-likeness (QED) is 0.347. The van der Waals surface area contributed by atoms with Crippen molar-refractivity contribution in [1.82, 2.24) is 24.6 Å². The van der Waals surface area contributed by atoms with Crippen molar-refractivity contribution in [3.63, 3.8) is 0 Å². The molecule has 0 radical (unpaired) electrons. The van der Waals surface area contributed by atoms with E-state index in [0.717, 1.165) is 49.3 Å². The number of anilines is 1. The predicted molar refractivity (Wildman–Crippen MR) is 124 cm³/mol. The lowest BCUT2D eigenvalue weighted by molar-refractivity contribution is 0.371. The van der Waals surface area contributed by atoms with E-state index in [4.69, 9.17) is 0 Å². The van der Waals surface area contributed by atoms with Crippen LogP contribution in [0.25, 0.3) is 5.65 Å². The van der Waals surface area contributed by atoms with Crippen LogP contribution in [0.1, 0.15) is 11.4 Å². The molecule has 148 valence electrons. The van der Waals surface area contributed by atoms with E-state index in [1.165, 1.54) is 5.69 Å². The van der Waals surface area contributed by atoms with Gasteiger partial charge in [0, 0.05) is 51.3 Å². The Morgan fingerprint density at radius 3 is 2.61 bits per heavy atom. The van der Waals surface area contributed by atoms with E-state index in [0.29, 0.717) is 6.54 Å². The van der Waals surface area contributed by atoms with Crippen LogP contribution in [0.3, 0.4) is 0 Å². The lowest BCUT2D eigenvalue weighted by Gasteiger charge is -2.37. The SMILES string of the molecule is CN=C(NCc1cn2c(C)cccc2n1)N1CCN(c2ccccn2)CC1.I. The van der Waals surface area contributed by atoms with Crippen LogP contribution in [0.5, 0.6) is 0 Å². The van der Waals surface area contributed by atoms with E-state index < -0.39 is 0 Å². The van der Waals surface area contributed by atoms with Gasteiger partial charge in [-0.15, -0.1) is 24.0 Å². The van der Waals surface area contributed by atoms with Crippen molar-refractivity contribution in [1.29, 1.82) is 0 Å². The number of pyridine rings is 2. The molecule has 1 fully saturated rings. The summed E-state index contributed by atoms with van der Waals surface area (Å²) in [5.41, 5.74) is 3.17. The summed E-state index contributed by atoms with van der Waals surface area (Å²) >= 11 is 0. The molecule has 1 N–H and O–H groups in total. The second-order valence-electron chi connectivity index (χ2n) is 6.69. The number of aromatic nitrogens is 3. The maximum absolute atomic E-state index is 4.69. The van der Waals surface area contributed by atoms with E-state index >= 15 is 0 Å². The highest BCUT2D eigenvalue weighted by molar-refractivity contribution is 14.0. The van der Waals surface area contributed by atoms with Crippen molar-refractivity contribution in [3.05, 3.63) is 60.2 Å². The molecule has 28 heavy (non-hydrogen) atoms. The van der Waals surface area contributed by atoms with Crippen molar-refractivity contribution < 1.29 is 0 Å². The average Bonchev–Trinajstić information content (AvgIpc) is 3.14. The summed E-state index contributed by atoms with van der Waals surface area (Å²) < 4.78 is 2.12. The Hall–Kier alpha value is -2.36. The van der Waals surface area contributed by atoms with Crippen LogP contribution in [-0.2, 0) is 6.54 Å². The molecule has 0 bridgehead atoms. The van der Waals surface area contributed by atoms with Gasteiger partial charge in [0.25, 0.3) is 0 Å². The first-order valence-corrected chi connectivity index (χ1v) is 9.30. The van der Waals surface area contributed by atoms with Gasteiger partial charge in [-0.1, -0.05) is 12.1 Å². The summed E-state index contributed by atoms with van der Waals surface area (Å²) in [6.45, 7) is 6.46. The molecule has 4 heterocycles. The van der Waals surface area contributed by atoms with Crippen molar-refractivity contribution in [2.75, 3.05) is 38.1 Å². The molecular formula is C20H26IN7. The lowest BCUT2D eigenvalue weighted by Crippen LogP contribution is -2.52. The maximum Gasteiger partial charge on any atom is 0.194 e. The molecule has 3 aromatic heterocycles. The topological polar surface area (TPSA) is 61.1 Å². The minimum absolute atomic E-state index is 0. The largest absolute Gasteiger partial charge is 0.353 e. The number of piperazine rings is 1. The van der Waals surface area contributed by atoms with Gasteiger partial charge in [0.05, 0.1) is 12.2 Å². The second kappa shape index (κ2) is 9.22. The van der Waals surface area contributed by atoms with Gasteiger partial charge in [0.15, 0.2) is 5.96 Å². The van der Waals surface area contributed by atoms with E-state index in [-0.39, 0.29) is 24.0 Å². The Labute approximate surface area is 182 Å². The van der Waals surface area contributed by atoms with E-state index in [9.17, 15) is 0 Å². The first-order chi connectivity index (χ1) is 13.2. The number of guanidine groups is 1. The van der Waals surface area contributed by atoms with Crippen molar-refractivity contribution in [3.8, 4) is 0 Å². The summed E-state index contributed by atoms with van der Waals surface area (Å²) in [6.07, 6.45) is 3.93. The highest BCUT2D eigenvalue weighted by atomic mass is 127. The second-order valence-corrected chi connectivity index (χ2v) is 6.69. The van der Waals surface area contributed by atoms with Gasteiger partial charge in [-0.3, -0.25) is 4.99 Å². The molecular weight excluding hydrogens is 465 g/mol. The van der Waals surface area contributed by atoms with Gasteiger partial charge in [0.1, 0.15) is 11.5 Å². The number of rotatable bonds is 3. The van der Waals surface area contributed by atoms with Crippen molar-refractivity contribution >= 4 is 41.4 Å². The van der Waals surface area contributed by atoms with Crippen LogP contribution < -0.4 is 10.2 Å². The molecule has 0 amide bonds. The molecule has 1 aliphatic heterocycles. The summed E-state index contributed by atoms with van der Waals surface area (Å²) in [6, 6.07) is 12.2. The number of aryl methyl sites for hydroxylation is 1. The minimum atomic E-state index is 0. The molecule has 0 atom stereocenters. The predicted octanol–water partition coefficient (Wildman–Crippen LogP) is 2.55. The van der Waals surface area contributed by atoms with Crippen LogP contribution in [0.2, 0.25) is 0 Å². The highest BCUT2D eigenvalue weighted by Gasteiger charge is 2.20. The standard InChI is InChI=1S/C20H25N7.HI/c1-16-6-5-8-19-24-17(15-27(16)19)14-23-20(21-2)26-12-10-25(11-13-26)18-7-3-4-9-22-18;/h3-9,15H,10-14H2,1-2H3,(H,21,23);1H. The number of hydrogen-bond acceptors (Lipinski definition) is 4. The third-order valence-electron chi connectivity index (χ3n) is 4.94. The van der Waals surface area contributed by atoms with Gasteiger partial charge in [-0.05, 0) is 31.2 Å². The summed E-state index contributed by atoms with van der Waals surface area (Å²) in [5, 5.41) is 3.46. The Morgan fingerprint density at radius 1 is 1.11 bits per heavy atom. The van der Waals surface area contributed by atoms with E-state index in [2.05, 4.69) is 59.7 Å². The molecule has 1 aliphatic rings. The fourth-order valence-electron chi connectivity index (χ4n) is 3.47. The summed E-state index contributed by atoms with van der Waals surface area (Å²) in [7, 11) is 1.83. The fourth-order valence-corrected chi connectivity index (χ4v) is 3.47. The number of halogens is 1. The zero-order chi connectivity index (χ0) is 18.6. The molecule has 7 nitrogen and oxygen atoms in total. The number of nitrogens with one attached hydrogen (secondary N) is 1. The number of hydrogen-bond donors (Lipinski definition) is 1. The molecule has 4 rings (SSSR count). The Bertz CT molecular complexity index is 930. The molecule has 1 saturated heterocycles. The average molecular weight is 491 g/mol. The van der Waals surface area contributed by atoms with Gasteiger partial charge in [-0.25, -0.2) is 9.97 Å². The molecule has 0 saturated carbocycles. The monoisotopic (exact) mass is 491 g/mol. The Balaban J connectivity index is 0.00000225. The molecule has 8 heteroatoms. The number of aliphatic imine (C=N–C) groups is 1. The van der Waals surface area contributed by atoms with Crippen LogP contribution in [0.15, 0.2) is 53.8 Å². The summed E-state index contributed by atoms with van der Waals surface area (Å²) in [4.78, 5) is 18.2. The van der Waals surface area contributed by atoms with Gasteiger partial charge in [0.2, 0.25) is 0 Å². The van der Waals surface area contributed by atoms with Crippen LogP contribution >= 0.6 is 24.0 Å². The minimum Gasteiger partial charge on any atom is -0.353 e. The van der Waals surface area contributed by atoms with Crippen LogP contribution in [0, 0.1) is 6.92 Å². The lowest BCUT2D eigenvalue weighted by atomic mass is 10.3. The van der Waals surface area contributed by atoms with Gasteiger partial charge < -0.3 is 19.5 Å². The molecule has 0 aliphatic carbocycles. The Morgan fingerprint density at radius 2 is 1.93 bits per heavy atom. The van der Waals surface area contributed by atoms with Crippen molar-refractivity contribution in [2.45, 2.75) is 13.5 Å². The summed E-state index contributed by atoms with van der Waals surface area (Å²) in [5.74, 6) is 1.96. The maximum atomic E-state index is 4.69. The Kier molecular flexibility index (Phi) is 6.71. The smallest absolute Gasteiger partial charge is 0.194 e. The zero-order valence-electron chi connectivity index (χ0n) is 16.2. The highest BCUT2D eigenvalue weighted by Crippen LogP contribution is 2.13. The van der Waals surface area contributed by atoms with Crippen molar-refractivity contribution in [2.24, 2.45) is 4.99 Å². The molecule has 3 aromatic rings. The molecule has 0 spiro atoms. The fraction of sp³-hybridized carbons (Fsp3) is 0.350. The molecule has 0 aromatic carbocycles. The number of fused-ring (bicyclic) bond motifs is 1. The number of imidazole rings is 1. The van der Waals surface area contributed by atoms with E-state index in [1.54, 1.807) is 0 Å². The third-order valence-corrected chi connectivity index (χ3v) is 4.94.